The molecule has 16 heavy (non-hydrogen) atoms. The molecule has 0 N–H and O–H groups in total. The van der Waals surface area contributed by atoms with Gasteiger partial charge in [0.15, 0.2) is 0 Å². The maximum Gasteiger partial charge on any atom is 0.136 e. The molecule has 0 radical (unpaired) electrons. The van der Waals surface area contributed by atoms with E-state index in [9.17, 15) is 0 Å². The zero-order chi connectivity index (χ0) is 11.4. The summed E-state index contributed by atoms with van der Waals surface area (Å²) in [5, 5.41) is 8.88. The van der Waals surface area contributed by atoms with Crippen molar-refractivity contribution >= 4 is 0 Å². The number of hydrogen-bond donors (Lipinski definition) is 0. The highest BCUT2D eigenvalue weighted by Crippen LogP contribution is 2.21. The van der Waals surface area contributed by atoms with Crippen LogP contribution in [0.3, 0.4) is 0 Å². The number of likely N-dealkylation sites (tertiary alicyclic amines) is 1. The Morgan fingerprint density at radius 2 is 2.12 bits per heavy atom. The molecular weight excluding hydrogens is 200 g/mol. The van der Waals surface area contributed by atoms with E-state index in [1.165, 1.54) is 31.5 Å². The fraction of sp³-hybridized carbons (Fsp3) is 0.462. The van der Waals surface area contributed by atoms with E-state index in [-0.39, 0.29) is 0 Å². The quantitative estimate of drug-likeness (QED) is 0.776. The summed E-state index contributed by atoms with van der Waals surface area (Å²) in [6, 6.07) is 7.95. The molecule has 1 fully saturated rings. The number of nitrogens with zero attached hydrogens (tertiary/aromatic N) is 2. The van der Waals surface area contributed by atoms with Gasteiger partial charge in [0, 0.05) is 6.54 Å². The molecule has 1 aromatic rings. The SMILES string of the molecule is COc1cc(CN2CCCC2)ccc1C#N. The van der Waals surface area contributed by atoms with Crippen LogP contribution in [0.1, 0.15) is 24.0 Å². The van der Waals surface area contributed by atoms with Gasteiger partial charge in [0.2, 0.25) is 0 Å². The molecule has 0 atom stereocenters. The third kappa shape index (κ3) is 2.34. The molecule has 1 aliphatic rings. The Labute approximate surface area is 96.2 Å². The second-order valence-electron chi connectivity index (χ2n) is 4.13. The van der Waals surface area contributed by atoms with Crippen molar-refractivity contribution in [2.45, 2.75) is 19.4 Å². The molecule has 0 bridgehead atoms. The van der Waals surface area contributed by atoms with Gasteiger partial charge in [-0.3, -0.25) is 4.90 Å². The lowest BCUT2D eigenvalue weighted by atomic mass is 10.1. The average Bonchev–Trinajstić information content (AvgIpc) is 2.81. The summed E-state index contributed by atoms with van der Waals surface area (Å²) in [5.74, 6) is 0.680. The molecule has 84 valence electrons. The Balaban J connectivity index is 2.13. The van der Waals surface area contributed by atoms with Crippen molar-refractivity contribution in [3.05, 3.63) is 29.3 Å². The maximum absolute atomic E-state index is 8.88. The molecule has 1 heterocycles. The highest BCUT2D eigenvalue weighted by atomic mass is 16.5. The van der Waals surface area contributed by atoms with Crippen LogP contribution in [0.15, 0.2) is 18.2 Å². The second kappa shape index (κ2) is 5.00. The Kier molecular flexibility index (Phi) is 3.43. The van der Waals surface area contributed by atoms with Gasteiger partial charge in [-0.1, -0.05) is 6.07 Å². The number of rotatable bonds is 3. The summed E-state index contributed by atoms with van der Waals surface area (Å²) >= 11 is 0. The van der Waals surface area contributed by atoms with E-state index in [0.29, 0.717) is 11.3 Å². The van der Waals surface area contributed by atoms with E-state index in [1.54, 1.807) is 7.11 Å². The minimum Gasteiger partial charge on any atom is -0.495 e. The monoisotopic (exact) mass is 216 g/mol. The highest BCUT2D eigenvalue weighted by Gasteiger charge is 2.12. The van der Waals surface area contributed by atoms with Gasteiger partial charge >= 0.3 is 0 Å². The minimum absolute atomic E-state index is 0.604. The predicted octanol–water partition coefficient (Wildman–Crippen LogP) is 2.16. The van der Waals surface area contributed by atoms with Gasteiger partial charge in [0.25, 0.3) is 0 Å². The van der Waals surface area contributed by atoms with Crippen LogP contribution in [0.25, 0.3) is 0 Å². The van der Waals surface area contributed by atoms with E-state index < -0.39 is 0 Å². The number of hydrogen-bond acceptors (Lipinski definition) is 3. The minimum atomic E-state index is 0.604. The highest BCUT2D eigenvalue weighted by molar-refractivity contribution is 5.45. The molecule has 1 saturated heterocycles. The molecule has 0 aliphatic carbocycles. The van der Waals surface area contributed by atoms with Crippen LogP contribution in [0.5, 0.6) is 5.75 Å². The zero-order valence-electron chi connectivity index (χ0n) is 9.57. The Hall–Kier alpha value is -1.53. The standard InChI is InChI=1S/C13H16N2O/c1-16-13-8-11(4-5-12(13)9-14)10-15-6-2-3-7-15/h4-5,8H,2-3,6-7,10H2,1H3. The summed E-state index contributed by atoms with van der Waals surface area (Å²) < 4.78 is 5.20. The predicted molar refractivity (Wildman–Crippen MR) is 62.2 cm³/mol. The summed E-state index contributed by atoms with van der Waals surface area (Å²) in [7, 11) is 1.61. The molecule has 0 unspecified atom stereocenters. The van der Waals surface area contributed by atoms with Crippen molar-refractivity contribution in [1.82, 2.24) is 4.90 Å². The molecule has 0 saturated carbocycles. The Bertz CT molecular complexity index is 403. The first-order valence-corrected chi connectivity index (χ1v) is 5.63. The smallest absolute Gasteiger partial charge is 0.136 e. The van der Waals surface area contributed by atoms with Crippen LogP contribution in [-0.4, -0.2) is 25.1 Å². The van der Waals surface area contributed by atoms with Crippen LogP contribution in [-0.2, 0) is 6.54 Å². The molecule has 0 spiro atoms. The number of ether oxygens (including phenoxy) is 1. The van der Waals surface area contributed by atoms with Crippen molar-refractivity contribution in [1.29, 1.82) is 5.26 Å². The van der Waals surface area contributed by atoms with Gasteiger partial charge in [0.1, 0.15) is 11.8 Å². The third-order valence-corrected chi connectivity index (χ3v) is 2.99. The van der Waals surface area contributed by atoms with Crippen molar-refractivity contribution in [2.24, 2.45) is 0 Å². The molecule has 1 aliphatic heterocycles. The van der Waals surface area contributed by atoms with Gasteiger partial charge in [-0.2, -0.15) is 5.26 Å². The summed E-state index contributed by atoms with van der Waals surface area (Å²) in [6.45, 7) is 3.33. The molecule has 2 rings (SSSR count). The lowest BCUT2D eigenvalue weighted by Gasteiger charge is -2.15. The van der Waals surface area contributed by atoms with Crippen LogP contribution in [0.4, 0.5) is 0 Å². The van der Waals surface area contributed by atoms with E-state index in [4.69, 9.17) is 10.00 Å². The molecular formula is C13H16N2O. The van der Waals surface area contributed by atoms with Crippen molar-refractivity contribution in [2.75, 3.05) is 20.2 Å². The lowest BCUT2D eigenvalue weighted by Crippen LogP contribution is -2.18. The Morgan fingerprint density at radius 1 is 1.38 bits per heavy atom. The first-order valence-electron chi connectivity index (χ1n) is 5.63. The molecule has 0 aromatic heterocycles. The van der Waals surface area contributed by atoms with E-state index in [1.807, 2.05) is 18.2 Å². The van der Waals surface area contributed by atoms with Gasteiger partial charge in [-0.15, -0.1) is 0 Å². The van der Waals surface area contributed by atoms with Crippen molar-refractivity contribution in [3.8, 4) is 11.8 Å². The first-order chi connectivity index (χ1) is 7.83. The third-order valence-electron chi connectivity index (χ3n) is 2.99. The zero-order valence-corrected chi connectivity index (χ0v) is 9.57. The normalized spacial score (nSPS) is 16.0. The number of methoxy groups -OCH3 is 1. The maximum atomic E-state index is 8.88. The number of benzene rings is 1. The Morgan fingerprint density at radius 3 is 2.75 bits per heavy atom. The van der Waals surface area contributed by atoms with Gasteiger partial charge < -0.3 is 4.74 Å². The second-order valence-corrected chi connectivity index (χ2v) is 4.13. The van der Waals surface area contributed by atoms with Crippen LogP contribution in [0, 0.1) is 11.3 Å². The van der Waals surface area contributed by atoms with Crippen molar-refractivity contribution < 1.29 is 4.74 Å². The first kappa shape index (κ1) is 11.0. The van der Waals surface area contributed by atoms with Crippen LogP contribution >= 0.6 is 0 Å². The van der Waals surface area contributed by atoms with Gasteiger partial charge in [0.05, 0.1) is 12.7 Å². The molecule has 0 amide bonds. The summed E-state index contributed by atoms with van der Waals surface area (Å²) in [5.41, 5.74) is 1.82. The fourth-order valence-electron chi connectivity index (χ4n) is 2.13. The van der Waals surface area contributed by atoms with Crippen molar-refractivity contribution in [3.63, 3.8) is 0 Å². The number of nitriles is 1. The topological polar surface area (TPSA) is 36.3 Å². The average molecular weight is 216 g/mol. The fourth-order valence-corrected chi connectivity index (χ4v) is 2.13. The van der Waals surface area contributed by atoms with Gasteiger partial charge in [-0.05, 0) is 43.6 Å². The van der Waals surface area contributed by atoms with E-state index >= 15 is 0 Å². The van der Waals surface area contributed by atoms with Crippen LogP contribution < -0.4 is 4.74 Å². The van der Waals surface area contributed by atoms with E-state index in [0.717, 1.165) is 6.54 Å². The lowest BCUT2D eigenvalue weighted by molar-refractivity contribution is 0.330. The summed E-state index contributed by atoms with van der Waals surface area (Å²) in [6.07, 6.45) is 2.60. The molecule has 3 heteroatoms. The molecule has 3 nitrogen and oxygen atoms in total. The van der Waals surface area contributed by atoms with Gasteiger partial charge in [-0.25, -0.2) is 0 Å². The molecule has 1 aromatic carbocycles. The van der Waals surface area contributed by atoms with E-state index in [2.05, 4.69) is 11.0 Å². The summed E-state index contributed by atoms with van der Waals surface area (Å²) in [4.78, 5) is 2.43. The largest absolute Gasteiger partial charge is 0.495 e. The van der Waals surface area contributed by atoms with Crippen LogP contribution in [0.2, 0.25) is 0 Å².